The second-order valence-corrected chi connectivity index (χ2v) is 3.63. The number of ketones is 1. The normalized spacial score (nSPS) is 14.2. The van der Waals surface area contributed by atoms with E-state index < -0.39 is 11.3 Å². The van der Waals surface area contributed by atoms with Crippen LogP contribution in [0.15, 0.2) is 4.99 Å². The predicted octanol–water partition coefficient (Wildman–Crippen LogP) is 1.44. The first kappa shape index (κ1) is 10.8. The standard InChI is InChI=1S/C9H14N2O/c1-9(2,3)8(12)7(5-10)6-11-4/h6-7H,1-4H3. The van der Waals surface area contributed by atoms with Crippen LogP contribution in [-0.2, 0) is 4.79 Å². The summed E-state index contributed by atoms with van der Waals surface area (Å²) in [5.41, 5.74) is -0.471. The van der Waals surface area contributed by atoms with E-state index in [1.807, 2.05) is 6.07 Å². The fourth-order valence-corrected chi connectivity index (χ4v) is 0.775. The summed E-state index contributed by atoms with van der Waals surface area (Å²) in [4.78, 5) is 15.1. The van der Waals surface area contributed by atoms with Crippen LogP contribution < -0.4 is 0 Å². The van der Waals surface area contributed by atoms with Crippen molar-refractivity contribution in [3.05, 3.63) is 0 Å². The molecule has 12 heavy (non-hydrogen) atoms. The highest BCUT2D eigenvalue weighted by molar-refractivity contribution is 6.00. The summed E-state index contributed by atoms with van der Waals surface area (Å²) in [5, 5.41) is 8.63. The van der Waals surface area contributed by atoms with Crippen LogP contribution >= 0.6 is 0 Å². The third kappa shape index (κ3) is 2.83. The molecule has 0 aliphatic carbocycles. The molecular formula is C9H14N2O. The number of aliphatic imine (C=N–C) groups is 1. The second-order valence-electron chi connectivity index (χ2n) is 3.63. The molecule has 0 aliphatic heterocycles. The zero-order chi connectivity index (χ0) is 9.78. The molecule has 0 aromatic rings. The molecule has 0 aromatic carbocycles. The van der Waals surface area contributed by atoms with Crippen LogP contribution in [-0.4, -0.2) is 19.0 Å². The Kier molecular flexibility index (Phi) is 3.62. The molecular weight excluding hydrogens is 152 g/mol. The molecule has 0 rings (SSSR count). The van der Waals surface area contributed by atoms with E-state index in [2.05, 4.69) is 4.99 Å². The van der Waals surface area contributed by atoms with Crippen molar-refractivity contribution in [2.24, 2.45) is 16.3 Å². The summed E-state index contributed by atoms with van der Waals surface area (Å²) in [6.07, 6.45) is 1.38. The minimum atomic E-state index is -0.699. The van der Waals surface area contributed by atoms with Gasteiger partial charge in [-0.15, -0.1) is 0 Å². The van der Waals surface area contributed by atoms with Crippen molar-refractivity contribution in [3.63, 3.8) is 0 Å². The van der Waals surface area contributed by atoms with Crippen LogP contribution in [0.2, 0.25) is 0 Å². The van der Waals surface area contributed by atoms with E-state index >= 15 is 0 Å². The third-order valence-corrected chi connectivity index (χ3v) is 1.46. The van der Waals surface area contributed by atoms with Gasteiger partial charge in [0.15, 0.2) is 5.78 Å². The van der Waals surface area contributed by atoms with Gasteiger partial charge in [-0.3, -0.25) is 9.79 Å². The van der Waals surface area contributed by atoms with Gasteiger partial charge in [-0.1, -0.05) is 20.8 Å². The minimum absolute atomic E-state index is 0.0874. The molecule has 0 saturated carbocycles. The highest BCUT2D eigenvalue weighted by Crippen LogP contribution is 2.18. The lowest BCUT2D eigenvalue weighted by atomic mass is 9.84. The maximum atomic E-state index is 11.5. The Bertz CT molecular complexity index is 230. The first-order valence-electron chi connectivity index (χ1n) is 3.79. The zero-order valence-corrected chi connectivity index (χ0v) is 7.96. The molecule has 0 N–H and O–H groups in total. The van der Waals surface area contributed by atoms with E-state index in [9.17, 15) is 4.79 Å². The van der Waals surface area contributed by atoms with Gasteiger partial charge in [0, 0.05) is 18.7 Å². The Labute approximate surface area is 73.1 Å². The first-order valence-corrected chi connectivity index (χ1v) is 3.79. The van der Waals surface area contributed by atoms with E-state index in [-0.39, 0.29) is 5.78 Å². The van der Waals surface area contributed by atoms with Gasteiger partial charge in [0.1, 0.15) is 5.92 Å². The second kappa shape index (κ2) is 4.01. The number of carbonyl (C=O) groups excluding carboxylic acids is 1. The number of hydrogen-bond donors (Lipinski definition) is 0. The molecule has 0 radical (unpaired) electrons. The van der Waals surface area contributed by atoms with Gasteiger partial charge in [-0.2, -0.15) is 5.26 Å². The Morgan fingerprint density at radius 3 is 2.33 bits per heavy atom. The average Bonchev–Trinajstić information content (AvgIpc) is 1.97. The fraction of sp³-hybridized carbons (Fsp3) is 0.667. The molecule has 0 heterocycles. The van der Waals surface area contributed by atoms with Crippen LogP contribution in [0.4, 0.5) is 0 Å². The number of Topliss-reactive ketones (excluding diaryl/α,β-unsaturated/α-hetero) is 1. The van der Waals surface area contributed by atoms with Crippen molar-refractivity contribution in [2.45, 2.75) is 20.8 Å². The van der Waals surface area contributed by atoms with Gasteiger partial charge in [-0.05, 0) is 0 Å². The van der Waals surface area contributed by atoms with Gasteiger partial charge in [0.2, 0.25) is 0 Å². The molecule has 1 atom stereocenters. The molecule has 1 unspecified atom stereocenters. The Hall–Kier alpha value is -1.17. The van der Waals surface area contributed by atoms with Gasteiger partial charge in [0.25, 0.3) is 0 Å². The Balaban J connectivity index is 4.58. The van der Waals surface area contributed by atoms with Crippen LogP contribution in [0.3, 0.4) is 0 Å². The van der Waals surface area contributed by atoms with Gasteiger partial charge in [-0.25, -0.2) is 0 Å². The van der Waals surface area contributed by atoms with Crippen LogP contribution in [0.1, 0.15) is 20.8 Å². The number of rotatable bonds is 2. The third-order valence-electron chi connectivity index (χ3n) is 1.46. The molecule has 0 spiro atoms. The number of carbonyl (C=O) groups is 1. The summed E-state index contributed by atoms with van der Waals surface area (Å²) in [6, 6.07) is 1.91. The van der Waals surface area contributed by atoms with Crippen LogP contribution in [0, 0.1) is 22.7 Å². The van der Waals surface area contributed by atoms with Crippen molar-refractivity contribution in [3.8, 4) is 6.07 Å². The average molecular weight is 166 g/mol. The molecule has 3 nitrogen and oxygen atoms in total. The van der Waals surface area contributed by atoms with Crippen LogP contribution in [0.5, 0.6) is 0 Å². The summed E-state index contributed by atoms with van der Waals surface area (Å²) in [7, 11) is 1.56. The van der Waals surface area contributed by atoms with Gasteiger partial charge >= 0.3 is 0 Å². The molecule has 0 amide bonds. The lowest BCUT2D eigenvalue weighted by Crippen LogP contribution is -2.28. The van der Waals surface area contributed by atoms with Crippen molar-refractivity contribution in [1.29, 1.82) is 5.26 Å². The smallest absolute Gasteiger partial charge is 0.160 e. The molecule has 0 aromatic heterocycles. The predicted molar refractivity (Wildman–Crippen MR) is 48.0 cm³/mol. The maximum Gasteiger partial charge on any atom is 0.160 e. The molecule has 0 saturated heterocycles. The van der Waals surface area contributed by atoms with Gasteiger partial charge < -0.3 is 0 Å². The minimum Gasteiger partial charge on any atom is -0.299 e. The lowest BCUT2D eigenvalue weighted by Gasteiger charge is -2.17. The maximum absolute atomic E-state index is 11.5. The summed E-state index contributed by atoms with van der Waals surface area (Å²) in [6.45, 7) is 5.38. The lowest BCUT2D eigenvalue weighted by molar-refractivity contribution is -0.126. The van der Waals surface area contributed by atoms with E-state index in [1.165, 1.54) is 6.21 Å². The quantitative estimate of drug-likeness (QED) is 0.583. The largest absolute Gasteiger partial charge is 0.299 e. The highest BCUT2D eigenvalue weighted by Gasteiger charge is 2.28. The molecule has 0 aliphatic rings. The van der Waals surface area contributed by atoms with E-state index in [4.69, 9.17) is 5.26 Å². The molecule has 0 bridgehead atoms. The van der Waals surface area contributed by atoms with Crippen molar-refractivity contribution in [2.75, 3.05) is 7.05 Å². The topological polar surface area (TPSA) is 53.2 Å². The highest BCUT2D eigenvalue weighted by atomic mass is 16.1. The van der Waals surface area contributed by atoms with E-state index in [0.29, 0.717) is 0 Å². The summed E-state index contributed by atoms with van der Waals surface area (Å²) in [5.74, 6) is -0.786. The number of nitrogens with zero attached hydrogens (tertiary/aromatic N) is 2. The Morgan fingerprint density at radius 2 is 2.08 bits per heavy atom. The molecule has 66 valence electrons. The number of hydrogen-bond acceptors (Lipinski definition) is 3. The summed E-state index contributed by atoms with van der Waals surface area (Å²) >= 11 is 0. The monoisotopic (exact) mass is 166 g/mol. The van der Waals surface area contributed by atoms with Crippen molar-refractivity contribution in [1.82, 2.24) is 0 Å². The molecule has 3 heteroatoms. The van der Waals surface area contributed by atoms with Crippen molar-refractivity contribution < 1.29 is 4.79 Å². The summed E-state index contributed by atoms with van der Waals surface area (Å²) < 4.78 is 0. The van der Waals surface area contributed by atoms with Crippen LogP contribution in [0.25, 0.3) is 0 Å². The Morgan fingerprint density at radius 1 is 1.58 bits per heavy atom. The van der Waals surface area contributed by atoms with Gasteiger partial charge in [0.05, 0.1) is 6.07 Å². The number of nitriles is 1. The van der Waals surface area contributed by atoms with E-state index in [0.717, 1.165) is 0 Å². The first-order chi connectivity index (χ1) is 5.43. The fourth-order valence-electron chi connectivity index (χ4n) is 0.775. The zero-order valence-electron chi connectivity index (χ0n) is 7.96. The van der Waals surface area contributed by atoms with E-state index in [1.54, 1.807) is 27.8 Å². The molecule has 0 fully saturated rings. The SMILES string of the molecule is CN=CC(C#N)C(=O)C(C)(C)C. The van der Waals surface area contributed by atoms with Crippen molar-refractivity contribution >= 4 is 12.0 Å².